The summed E-state index contributed by atoms with van der Waals surface area (Å²) >= 11 is 0. The first-order valence-corrected chi connectivity index (χ1v) is 7.05. The highest BCUT2D eigenvalue weighted by Gasteiger charge is 2.01. The topological polar surface area (TPSA) is 59.6 Å². The Morgan fingerprint density at radius 3 is 2.50 bits per heavy atom. The van der Waals surface area contributed by atoms with Gasteiger partial charge < -0.3 is 20.1 Å². The zero-order valence-electron chi connectivity index (χ0n) is 12.4. The Hall–Kier alpha value is -1.91. The number of benzene rings is 1. The van der Waals surface area contributed by atoms with Gasteiger partial charge in [0.25, 0.3) is 0 Å². The van der Waals surface area contributed by atoms with Crippen molar-refractivity contribution < 1.29 is 14.3 Å². The van der Waals surface area contributed by atoms with Crippen molar-refractivity contribution in [2.75, 3.05) is 25.1 Å². The molecule has 5 nitrogen and oxygen atoms in total. The molecule has 1 aromatic carbocycles. The quantitative estimate of drug-likeness (QED) is 0.719. The number of carbonyl (C=O) groups excluding carboxylic acids is 1. The van der Waals surface area contributed by atoms with Gasteiger partial charge in [-0.1, -0.05) is 6.92 Å². The molecule has 2 N–H and O–H groups in total. The third-order valence-corrected chi connectivity index (χ3v) is 2.79. The number of ether oxygens (including phenoxy) is 2. The van der Waals surface area contributed by atoms with Crippen LogP contribution in [0.3, 0.4) is 0 Å². The maximum Gasteiger partial charge on any atom is 0.407 e. The van der Waals surface area contributed by atoms with Crippen molar-refractivity contribution in [1.29, 1.82) is 0 Å². The number of anilines is 1. The minimum atomic E-state index is -0.413. The van der Waals surface area contributed by atoms with E-state index in [1.54, 1.807) is 0 Å². The number of rotatable bonds is 8. The Kier molecular flexibility index (Phi) is 7.32. The lowest BCUT2D eigenvalue weighted by molar-refractivity contribution is 0.125. The highest BCUT2D eigenvalue weighted by Crippen LogP contribution is 2.16. The lowest BCUT2D eigenvalue weighted by atomic mass is 10.2. The van der Waals surface area contributed by atoms with Crippen LogP contribution in [0.15, 0.2) is 24.3 Å². The van der Waals surface area contributed by atoms with E-state index in [9.17, 15) is 4.79 Å². The van der Waals surface area contributed by atoms with Crippen LogP contribution in [0.1, 0.15) is 27.2 Å². The van der Waals surface area contributed by atoms with E-state index in [1.807, 2.05) is 31.2 Å². The molecule has 0 heterocycles. The van der Waals surface area contributed by atoms with Crippen LogP contribution < -0.4 is 15.4 Å². The molecule has 5 heteroatoms. The molecular formula is C15H24N2O3. The standard InChI is InChI=1S/C15H24N2O3/c1-4-12(3)17-13-6-8-14(9-7-13)19-10-11-20-15(18)16-5-2/h6-9,12,17H,4-5,10-11H2,1-3H3,(H,16,18). The van der Waals surface area contributed by atoms with E-state index in [-0.39, 0.29) is 6.61 Å². The first kappa shape index (κ1) is 16.1. The molecule has 1 rings (SSSR count). The van der Waals surface area contributed by atoms with Crippen LogP contribution in [0.5, 0.6) is 5.75 Å². The van der Waals surface area contributed by atoms with Crippen molar-refractivity contribution in [1.82, 2.24) is 5.32 Å². The molecule has 0 bridgehead atoms. The lowest BCUT2D eigenvalue weighted by Gasteiger charge is -2.13. The van der Waals surface area contributed by atoms with Crippen molar-refractivity contribution >= 4 is 11.8 Å². The first-order valence-electron chi connectivity index (χ1n) is 7.05. The van der Waals surface area contributed by atoms with Crippen molar-refractivity contribution in [3.05, 3.63) is 24.3 Å². The predicted molar refractivity (Wildman–Crippen MR) is 80.3 cm³/mol. The summed E-state index contributed by atoms with van der Waals surface area (Å²) in [7, 11) is 0. The van der Waals surface area contributed by atoms with Gasteiger partial charge in [-0.15, -0.1) is 0 Å². The highest BCUT2D eigenvalue weighted by atomic mass is 16.6. The van der Waals surface area contributed by atoms with E-state index in [4.69, 9.17) is 9.47 Å². The second kappa shape index (κ2) is 9.07. The summed E-state index contributed by atoms with van der Waals surface area (Å²) in [5.41, 5.74) is 1.07. The van der Waals surface area contributed by atoms with Gasteiger partial charge in [0.05, 0.1) is 0 Å². The van der Waals surface area contributed by atoms with Gasteiger partial charge in [0.2, 0.25) is 0 Å². The van der Waals surface area contributed by atoms with Crippen molar-refractivity contribution in [3.8, 4) is 5.75 Å². The molecule has 0 spiro atoms. The zero-order valence-corrected chi connectivity index (χ0v) is 12.4. The molecule has 0 radical (unpaired) electrons. The van der Waals surface area contributed by atoms with Gasteiger partial charge >= 0.3 is 6.09 Å². The minimum Gasteiger partial charge on any atom is -0.490 e. The average molecular weight is 280 g/mol. The van der Waals surface area contributed by atoms with E-state index in [2.05, 4.69) is 24.5 Å². The molecule has 0 fully saturated rings. The molecule has 0 aromatic heterocycles. The molecule has 0 aliphatic carbocycles. The maximum atomic E-state index is 11.0. The molecule has 112 valence electrons. The maximum absolute atomic E-state index is 11.0. The fraction of sp³-hybridized carbons (Fsp3) is 0.533. The molecule has 1 unspecified atom stereocenters. The summed E-state index contributed by atoms with van der Waals surface area (Å²) in [5.74, 6) is 0.763. The third-order valence-electron chi connectivity index (χ3n) is 2.79. The van der Waals surface area contributed by atoms with E-state index in [0.29, 0.717) is 19.2 Å². The first-order chi connectivity index (χ1) is 9.65. The zero-order chi connectivity index (χ0) is 14.8. The molecule has 1 atom stereocenters. The van der Waals surface area contributed by atoms with E-state index in [1.165, 1.54) is 0 Å². The van der Waals surface area contributed by atoms with Crippen LogP contribution in [0.25, 0.3) is 0 Å². The molecular weight excluding hydrogens is 256 g/mol. The third kappa shape index (κ3) is 6.31. The minimum absolute atomic E-state index is 0.235. The number of alkyl carbamates (subject to hydrolysis) is 1. The van der Waals surface area contributed by atoms with Crippen molar-refractivity contribution in [2.45, 2.75) is 33.2 Å². The van der Waals surface area contributed by atoms with E-state index < -0.39 is 6.09 Å². The fourth-order valence-electron chi connectivity index (χ4n) is 1.52. The van der Waals surface area contributed by atoms with Crippen LogP contribution in [0, 0.1) is 0 Å². The number of hydrogen-bond acceptors (Lipinski definition) is 4. The smallest absolute Gasteiger partial charge is 0.407 e. The number of carbonyl (C=O) groups is 1. The molecule has 0 saturated heterocycles. The fourth-order valence-corrected chi connectivity index (χ4v) is 1.52. The molecule has 1 aromatic rings. The summed E-state index contributed by atoms with van der Waals surface area (Å²) in [5, 5.41) is 5.93. The van der Waals surface area contributed by atoms with Gasteiger partial charge in [-0.05, 0) is 44.5 Å². The number of amides is 1. The second-order valence-corrected chi connectivity index (χ2v) is 4.49. The Balaban J connectivity index is 2.26. The Bertz CT molecular complexity index is 393. The normalized spacial score (nSPS) is 11.6. The van der Waals surface area contributed by atoms with Crippen molar-refractivity contribution in [2.24, 2.45) is 0 Å². The van der Waals surface area contributed by atoms with Crippen molar-refractivity contribution in [3.63, 3.8) is 0 Å². The summed E-state index contributed by atoms with van der Waals surface area (Å²) < 4.78 is 10.4. The van der Waals surface area contributed by atoms with Crippen LogP contribution >= 0.6 is 0 Å². The Labute approximate surface area is 120 Å². The summed E-state index contributed by atoms with van der Waals surface area (Å²) in [6.07, 6.45) is 0.666. The van der Waals surface area contributed by atoms with Crippen LogP contribution in [0.2, 0.25) is 0 Å². The van der Waals surface area contributed by atoms with Crippen LogP contribution in [0.4, 0.5) is 10.5 Å². The molecule has 0 aliphatic heterocycles. The lowest BCUT2D eigenvalue weighted by Crippen LogP contribution is -2.25. The van der Waals surface area contributed by atoms with Gasteiger partial charge in [-0.2, -0.15) is 0 Å². The molecule has 0 saturated carbocycles. The SMILES string of the molecule is CCNC(=O)OCCOc1ccc(NC(C)CC)cc1. The van der Waals surface area contributed by atoms with Crippen LogP contribution in [-0.2, 0) is 4.74 Å². The predicted octanol–water partition coefficient (Wildman–Crippen LogP) is 3.02. The van der Waals surface area contributed by atoms with Crippen LogP contribution in [-0.4, -0.2) is 31.9 Å². The molecule has 0 aliphatic rings. The largest absolute Gasteiger partial charge is 0.490 e. The Morgan fingerprint density at radius 2 is 1.90 bits per heavy atom. The summed E-state index contributed by atoms with van der Waals surface area (Å²) in [6.45, 7) is 7.26. The summed E-state index contributed by atoms with van der Waals surface area (Å²) in [6, 6.07) is 8.21. The van der Waals surface area contributed by atoms with Gasteiger partial charge in [-0.3, -0.25) is 0 Å². The number of nitrogens with one attached hydrogen (secondary N) is 2. The van der Waals surface area contributed by atoms with Gasteiger partial charge in [0.1, 0.15) is 19.0 Å². The van der Waals surface area contributed by atoms with E-state index >= 15 is 0 Å². The Morgan fingerprint density at radius 1 is 1.20 bits per heavy atom. The van der Waals surface area contributed by atoms with Gasteiger partial charge in [0, 0.05) is 18.3 Å². The van der Waals surface area contributed by atoms with Gasteiger partial charge in [0.15, 0.2) is 0 Å². The second-order valence-electron chi connectivity index (χ2n) is 4.49. The monoisotopic (exact) mass is 280 g/mol. The molecule has 20 heavy (non-hydrogen) atoms. The highest BCUT2D eigenvalue weighted by molar-refractivity contribution is 5.66. The molecule has 1 amide bonds. The number of hydrogen-bond donors (Lipinski definition) is 2. The average Bonchev–Trinajstić information content (AvgIpc) is 2.45. The summed E-state index contributed by atoms with van der Waals surface area (Å²) in [4.78, 5) is 11.0. The van der Waals surface area contributed by atoms with E-state index in [0.717, 1.165) is 17.9 Å². The van der Waals surface area contributed by atoms with Gasteiger partial charge in [-0.25, -0.2) is 4.79 Å².